The molecule has 1 aromatic carbocycles. The molecule has 1 amide bonds. The molecule has 3 rings (SSSR count). The SMILES string of the molecule is CC(C)C[C@H](Nc1conc1-c1ccc(N2CCN(C(C)C)CC2)cc1)C(=O)NCC#N. The number of amides is 1. The standard InChI is InChI=1S/C24H34N6O2/c1-17(2)15-21(24(31)26-10-9-25)27-22-16-32-28-23(22)19-5-7-20(8-6-19)30-13-11-29(12-14-30)18(3)4/h5-8,16-18,21,27H,10-15H2,1-4H3,(H,26,31)/t21-/m0/s1. The van der Waals surface area contributed by atoms with Gasteiger partial charge in [0, 0.05) is 43.5 Å². The number of hydrogen-bond acceptors (Lipinski definition) is 7. The fourth-order valence-corrected chi connectivity index (χ4v) is 4.01. The van der Waals surface area contributed by atoms with Crippen LogP contribution in [0.3, 0.4) is 0 Å². The maximum atomic E-state index is 12.5. The molecule has 2 N–H and O–H groups in total. The lowest BCUT2D eigenvalue weighted by atomic mass is 10.0. The quantitative estimate of drug-likeness (QED) is 0.580. The molecule has 8 nitrogen and oxygen atoms in total. The number of carbonyl (C=O) groups excluding carboxylic acids is 1. The molecule has 0 spiro atoms. The summed E-state index contributed by atoms with van der Waals surface area (Å²) < 4.78 is 5.24. The summed E-state index contributed by atoms with van der Waals surface area (Å²) >= 11 is 0. The van der Waals surface area contributed by atoms with Crippen LogP contribution in [0.5, 0.6) is 0 Å². The Bertz CT molecular complexity index is 907. The van der Waals surface area contributed by atoms with Gasteiger partial charge in [0.05, 0.1) is 6.07 Å². The topological polar surface area (TPSA) is 97.4 Å². The van der Waals surface area contributed by atoms with Crippen molar-refractivity contribution >= 4 is 17.3 Å². The van der Waals surface area contributed by atoms with Crippen molar-refractivity contribution in [2.75, 3.05) is 42.9 Å². The van der Waals surface area contributed by atoms with Crippen LogP contribution >= 0.6 is 0 Å². The summed E-state index contributed by atoms with van der Waals surface area (Å²) in [6.07, 6.45) is 2.16. The summed E-state index contributed by atoms with van der Waals surface area (Å²) in [5.74, 6) is 0.0994. The van der Waals surface area contributed by atoms with Crippen LogP contribution in [-0.2, 0) is 4.79 Å². The van der Waals surface area contributed by atoms with Gasteiger partial charge in [-0.25, -0.2) is 0 Å². The lowest BCUT2D eigenvalue weighted by Gasteiger charge is -2.38. The second-order valence-electron chi connectivity index (χ2n) is 8.94. The van der Waals surface area contributed by atoms with Crippen LogP contribution in [0.4, 0.5) is 11.4 Å². The summed E-state index contributed by atoms with van der Waals surface area (Å²) in [4.78, 5) is 17.4. The van der Waals surface area contributed by atoms with Gasteiger partial charge in [-0.1, -0.05) is 31.1 Å². The molecule has 0 radical (unpaired) electrons. The van der Waals surface area contributed by atoms with Crippen molar-refractivity contribution < 1.29 is 9.32 Å². The molecule has 0 aliphatic carbocycles. The van der Waals surface area contributed by atoms with Crippen LogP contribution in [-0.4, -0.2) is 60.8 Å². The summed E-state index contributed by atoms with van der Waals surface area (Å²) in [6.45, 7) is 12.8. The lowest BCUT2D eigenvalue weighted by Crippen LogP contribution is -2.48. The minimum Gasteiger partial charge on any atom is -0.369 e. The zero-order valence-corrected chi connectivity index (χ0v) is 19.5. The van der Waals surface area contributed by atoms with Gasteiger partial charge in [-0.05, 0) is 38.3 Å². The lowest BCUT2D eigenvalue weighted by molar-refractivity contribution is -0.121. The first kappa shape index (κ1) is 23.6. The normalized spacial score (nSPS) is 15.6. The fraction of sp³-hybridized carbons (Fsp3) is 0.542. The van der Waals surface area contributed by atoms with Crippen molar-refractivity contribution in [1.82, 2.24) is 15.4 Å². The van der Waals surface area contributed by atoms with Crippen LogP contribution in [0.15, 0.2) is 35.1 Å². The molecule has 0 saturated carbocycles. The molecule has 172 valence electrons. The Balaban J connectivity index is 1.70. The number of benzene rings is 1. The highest BCUT2D eigenvalue weighted by Gasteiger charge is 2.23. The van der Waals surface area contributed by atoms with Crippen molar-refractivity contribution in [1.29, 1.82) is 5.26 Å². The highest BCUT2D eigenvalue weighted by Crippen LogP contribution is 2.30. The predicted molar refractivity (Wildman–Crippen MR) is 126 cm³/mol. The van der Waals surface area contributed by atoms with Crippen LogP contribution in [0, 0.1) is 17.2 Å². The van der Waals surface area contributed by atoms with Gasteiger partial charge < -0.3 is 20.1 Å². The maximum absolute atomic E-state index is 12.5. The number of hydrogen-bond donors (Lipinski definition) is 2. The average Bonchev–Trinajstić information content (AvgIpc) is 3.25. The molecule has 1 saturated heterocycles. The van der Waals surface area contributed by atoms with Gasteiger partial charge in [-0.2, -0.15) is 5.26 Å². The van der Waals surface area contributed by atoms with Gasteiger partial charge in [0.15, 0.2) is 0 Å². The molecule has 1 atom stereocenters. The Labute approximate surface area is 190 Å². The van der Waals surface area contributed by atoms with Crippen LogP contribution in [0.25, 0.3) is 11.3 Å². The number of nitrogens with zero attached hydrogens (tertiary/aromatic N) is 4. The van der Waals surface area contributed by atoms with Crippen molar-refractivity contribution in [2.24, 2.45) is 5.92 Å². The highest BCUT2D eigenvalue weighted by molar-refractivity contribution is 5.86. The molecule has 32 heavy (non-hydrogen) atoms. The van der Waals surface area contributed by atoms with Crippen molar-refractivity contribution in [3.63, 3.8) is 0 Å². The van der Waals surface area contributed by atoms with E-state index in [1.54, 1.807) is 0 Å². The summed E-state index contributed by atoms with van der Waals surface area (Å²) in [5, 5.41) is 18.8. The number of carbonyl (C=O) groups is 1. The fourth-order valence-electron chi connectivity index (χ4n) is 4.01. The molecule has 8 heteroatoms. The first-order valence-corrected chi connectivity index (χ1v) is 11.3. The van der Waals surface area contributed by atoms with Gasteiger partial charge in [0.25, 0.3) is 0 Å². The summed E-state index contributed by atoms with van der Waals surface area (Å²) in [7, 11) is 0. The van der Waals surface area contributed by atoms with E-state index < -0.39 is 6.04 Å². The third-order valence-electron chi connectivity index (χ3n) is 5.82. The zero-order chi connectivity index (χ0) is 23.1. The molecular formula is C24H34N6O2. The molecular weight excluding hydrogens is 404 g/mol. The second-order valence-corrected chi connectivity index (χ2v) is 8.94. The first-order valence-electron chi connectivity index (χ1n) is 11.3. The zero-order valence-electron chi connectivity index (χ0n) is 19.5. The van der Waals surface area contributed by atoms with Crippen LogP contribution in [0.2, 0.25) is 0 Å². The number of piperazine rings is 1. The Morgan fingerprint density at radius 1 is 1.16 bits per heavy atom. The van der Waals surface area contributed by atoms with E-state index in [1.807, 2.05) is 18.2 Å². The summed E-state index contributed by atoms with van der Waals surface area (Å²) in [6, 6.07) is 10.4. The molecule has 2 aromatic rings. The van der Waals surface area contributed by atoms with E-state index in [-0.39, 0.29) is 12.5 Å². The van der Waals surface area contributed by atoms with E-state index in [0.29, 0.717) is 29.8 Å². The van der Waals surface area contributed by atoms with Gasteiger partial charge in [0.1, 0.15) is 30.2 Å². The maximum Gasteiger partial charge on any atom is 0.243 e. The second kappa shape index (κ2) is 11.0. The van der Waals surface area contributed by atoms with E-state index in [0.717, 1.165) is 31.7 Å². The van der Waals surface area contributed by atoms with E-state index >= 15 is 0 Å². The Morgan fingerprint density at radius 2 is 1.84 bits per heavy atom. The van der Waals surface area contributed by atoms with Gasteiger partial charge in [-0.15, -0.1) is 0 Å². The van der Waals surface area contributed by atoms with E-state index in [1.165, 1.54) is 12.0 Å². The predicted octanol–water partition coefficient (Wildman–Crippen LogP) is 3.34. The molecule has 1 aliphatic rings. The minimum absolute atomic E-state index is 0.0154. The highest BCUT2D eigenvalue weighted by atomic mass is 16.5. The first-order chi connectivity index (χ1) is 15.4. The number of anilines is 2. The van der Waals surface area contributed by atoms with Gasteiger partial charge >= 0.3 is 0 Å². The molecule has 1 aliphatic heterocycles. The molecule has 1 fully saturated rings. The van der Waals surface area contributed by atoms with E-state index in [9.17, 15) is 4.79 Å². The van der Waals surface area contributed by atoms with Crippen molar-refractivity contribution in [3.05, 3.63) is 30.5 Å². The average molecular weight is 439 g/mol. The number of aromatic nitrogens is 1. The van der Waals surface area contributed by atoms with E-state index in [2.05, 4.69) is 65.4 Å². The third kappa shape index (κ3) is 6.01. The number of nitriles is 1. The Morgan fingerprint density at radius 3 is 2.44 bits per heavy atom. The smallest absolute Gasteiger partial charge is 0.243 e. The van der Waals surface area contributed by atoms with Crippen molar-refractivity contribution in [2.45, 2.75) is 46.2 Å². The summed E-state index contributed by atoms with van der Waals surface area (Å²) in [5.41, 5.74) is 3.46. The Kier molecular flexibility index (Phi) is 8.12. The largest absolute Gasteiger partial charge is 0.369 e. The van der Waals surface area contributed by atoms with Crippen molar-refractivity contribution in [3.8, 4) is 17.3 Å². The molecule has 2 heterocycles. The molecule has 0 unspecified atom stereocenters. The van der Waals surface area contributed by atoms with Crippen LogP contribution in [0.1, 0.15) is 34.1 Å². The monoisotopic (exact) mass is 438 g/mol. The number of nitrogens with one attached hydrogen (secondary N) is 2. The molecule has 1 aromatic heterocycles. The van der Waals surface area contributed by atoms with E-state index in [4.69, 9.17) is 9.78 Å². The number of rotatable bonds is 9. The van der Waals surface area contributed by atoms with Crippen LogP contribution < -0.4 is 15.5 Å². The Hall–Kier alpha value is -3.05. The van der Waals surface area contributed by atoms with Gasteiger partial charge in [-0.3, -0.25) is 9.69 Å². The molecule has 0 bridgehead atoms. The van der Waals surface area contributed by atoms with Gasteiger partial charge in [0.2, 0.25) is 5.91 Å². The minimum atomic E-state index is -0.474. The third-order valence-corrected chi connectivity index (χ3v) is 5.82.